The fraction of sp³-hybridized carbons (Fsp3) is 0.333. The molecule has 0 aliphatic rings. The maximum Gasteiger partial charge on any atom is 0.332 e. The van der Waals surface area contributed by atoms with Crippen LogP contribution in [0.4, 0.5) is 4.79 Å². The highest BCUT2D eigenvalue weighted by Gasteiger charge is 2.14. The molecule has 1 aromatic rings. The minimum absolute atomic E-state index is 0.596. The highest BCUT2D eigenvalue weighted by molar-refractivity contribution is 6.44. The molecular weight excluding hydrogens is 273 g/mol. The van der Waals surface area contributed by atoms with Gasteiger partial charge in [-0.1, -0.05) is 6.07 Å². The van der Waals surface area contributed by atoms with Crippen LogP contribution >= 0.6 is 23.2 Å². The monoisotopic (exact) mass is 287 g/mol. The van der Waals surface area contributed by atoms with Gasteiger partial charge in [0.15, 0.2) is 0 Å². The predicted octanol–water partition coefficient (Wildman–Crippen LogP) is 3.09. The number of hydrogen-bond donors (Lipinski definition) is 2. The van der Waals surface area contributed by atoms with E-state index >= 15 is 0 Å². The van der Waals surface area contributed by atoms with Gasteiger partial charge in [-0.25, -0.2) is 10.2 Å². The quantitative estimate of drug-likeness (QED) is 0.501. The van der Waals surface area contributed by atoms with Gasteiger partial charge in [-0.05, 0) is 43.0 Å². The first kappa shape index (κ1) is 14.8. The second-order valence-corrected chi connectivity index (χ2v) is 5.09. The largest absolute Gasteiger partial charge is 0.350 e. The van der Waals surface area contributed by atoms with Crippen LogP contribution in [0.3, 0.4) is 0 Å². The molecule has 0 atom stereocenters. The number of rotatable bonds is 3. The Morgan fingerprint density at radius 1 is 1.39 bits per heavy atom. The molecule has 3 N–H and O–H groups in total. The van der Waals surface area contributed by atoms with E-state index in [0.29, 0.717) is 0 Å². The Hall–Kier alpha value is -1.26. The SMILES string of the molecule is Cc1cc(C)c(C(Cl)Cl)c(C)c1/C=N/NC(N)=O. The van der Waals surface area contributed by atoms with E-state index in [-0.39, 0.29) is 0 Å². The van der Waals surface area contributed by atoms with Crippen LogP contribution in [0, 0.1) is 20.8 Å². The van der Waals surface area contributed by atoms with E-state index in [4.69, 9.17) is 28.9 Å². The van der Waals surface area contributed by atoms with Crippen LogP contribution in [0.2, 0.25) is 0 Å². The number of halogens is 2. The lowest BCUT2D eigenvalue weighted by atomic mass is 9.95. The molecule has 0 radical (unpaired) electrons. The second kappa shape index (κ2) is 6.07. The molecule has 98 valence electrons. The lowest BCUT2D eigenvalue weighted by Gasteiger charge is -2.15. The molecule has 0 spiro atoms. The van der Waals surface area contributed by atoms with Gasteiger partial charge >= 0.3 is 6.03 Å². The van der Waals surface area contributed by atoms with Gasteiger partial charge in [0.1, 0.15) is 4.84 Å². The summed E-state index contributed by atoms with van der Waals surface area (Å²) in [4.78, 5) is 9.95. The maximum absolute atomic E-state index is 10.5. The first-order valence-electron chi connectivity index (χ1n) is 5.32. The molecule has 0 saturated heterocycles. The van der Waals surface area contributed by atoms with E-state index in [1.165, 1.54) is 6.21 Å². The van der Waals surface area contributed by atoms with E-state index in [9.17, 15) is 4.79 Å². The third-order valence-electron chi connectivity index (χ3n) is 2.68. The summed E-state index contributed by atoms with van der Waals surface area (Å²) in [6, 6.07) is 1.27. The Morgan fingerprint density at radius 3 is 2.50 bits per heavy atom. The molecule has 18 heavy (non-hydrogen) atoms. The van der Waals surface area contributed by atoms with Crippen LogP contribution in [0.5, 0.6) is 0 Å². The molecule has 1 rings (SSSR count). The number of nitrogens with zero attached hydrogens (tertiary/aromatic N) is 1. The summed E-state index contributed by atoms with van der Waals surface area (Å²) in [5.41, 5.74) is 11.8. The third-order valence-corrected chi connectivity index (χ3v) is 3.11. The Kier molecular flexibility index (Phi) is 4.99. The van der Waals surface area contributed by atoms with E-state index in [1.54, 1.807) is 0 Å². The molecular formula is C12H15Cl2N3O. The summed E-state index contributed by atoms with van der Waals surface area (Å²) in [7, 11) is 0. The van der Waals surface area contributed by atoms with Crippen LogP contribution in [0.1, 0.15) is 32.7 Å². The molecule has 0 unspecified atom stereocenters. The van der Waals surface area contributed by atoms with E-state index < -0.39 is 10.9 Å². The number of amides is 2. The van der Waals surface area contributed by atoms with Gasteiger partial charge in [-0.15, -0.1) is 23.2 Å². The van der Waals surface area contributed by atoms with E-state index in [0.717, 1.165) is 27.8 Å². The van der Waals surface area contributed by atoms with Crippen LogP contribution in [0.25, 0.3) is 0 Å². The van der Waals surface area contributed by atoms with Crippen molar-refractivity contribution in [3.63, 3.8) is 0 Å². The number of hydrogen-bond acceptors (Lipinski definition) is 2. The number of nitrogens with one attached hydrogen (secondary N) is 1. The molecule has 4 nitrogen and oxygen atoms in total. The number of primary amides is 1. The summed E-state index contributed by atoms with van der Waals surface area (Å²) in [6.45, 7) is 5.82. The van der Waals surface area contributed by atoms with Crippen LogP contribution in [-0.4, -0.2) is 12.2 Å². The Bertz CT molecular complexity index is 499. The number of aryl methyl sites for hydroxylation is 2. The predicted molar refractivity (Wildman–Crippen MR) is 75.4 cm³/mol. The Morgan fingerprint density at radius 2 is 2.00 bits per heavy atom. The number of carbonyl (C=O) groups excluding carboxylic acids is 1. The van der Waals surface area contributed by atoms with Gasteiger partial charge < -0.3 is 5.73 Å². The fourth-order valence-electron chi connectivity index (χ4n) is 1.91. The highest BCUT2D eigenvalue weighted by Crippen LogP contribution is 2.33. The number of benzene rings is 1. The average molecular weight is 288 g/mol. The van der Waals surface area contributed by atoms with Gasteiger partial charge in [-0.3, -0.25) is 0 Å². The minimum atomic E-state index is -0.707. The third kappa shape index (κ3) is 3.37. The lowest BCUT2D eigenvalue weighted by molar-refractivity contribution is 0.249. The zero-order valence-corrected chi connectivity index (χ0v) is 11.9. The molecule has 0 aromatic heterocycles. The molecule has 0 fully saturated rings. The molecule has 0 bridgehead atoms. The van der Waals surface area contributed by atoms with Crippen molar-refractivity contribution in [1.82, 2.24) is 5.43 Å². The molecule has 0 heterocycles. The number of nitrogens with two attached hydrogens (primary N) is 1. The molecule has 0 saturated carbocycles. The summed E-state index contributed by atoms with van der Waals surface area (Å²) in [5.74, 6) is 0. The Labute approximate surface area is 116 Å². The fourth-order valence-corrected chi connectivity index (χ4v) is 2.58. The van der Waals surface area contributed by atoms with E-state index in [1.807, 2.05) is 26.8 Å². The minimum Gasteiger partial charge on any atom is -0.350 e. The van der Waals surface area contributed by atoms with Gasteiger partial charge in [0.25, 0.3) is 0 Å². The van der Waals surface area contributed by atoms with Crippen molar-refractivity contribution in [3.05, 3.63) is 33.9 Å². The van der Waals surface area contributed by atoms with Gasteiger partial charge in [0.2, 0.25) is 0 Å². The average Bonchev–Trinajstić information content (AvgIpc) is 2.21. The van der Waals surface area contributed by atoms with Crippen molar-refractivity contribution in [2.75, 3.05) is 0 Å². The molecule has 0 aliphatic heterocycles. The summed E-state index contributed by atoms with van der Waals surface area (Å²) in [6.07, 6.45) is 1.54. The van der Waals surface area contributed by atoms with Gasteiger partial charge in [0.05, 0.1) is 6.21 Å². The number of urea groups is 1. The van der Waals surface area contributed by atoms with Crippen LogP contribution in [0.15, 0.2) is 11.2 Å². The number of carbonyl (C=O) groups is 1. The molecule has 1 aromatic carbocycles. The molecule has 2 amide bonds. The van der Waals surface area contributed by atoms with Crippen molar-refractivity contribution in [1.29, 1.82) is 0 Å². The standard InChI is InChI=1S/C12H15Cl2N3O/c1-6-4-7(2)10(11(13)14)8(3)9(6)5-16-17-12(15)18/h4-5,11H,1-3H3,(H3,15,17,18)/b16-5+. The maximum atomic E-state index is 10.5. The summed E-state index contributed by atoms with van der Waals surface area (Å²) < 4.78 is 0. The zero-order valence-electron chi connectivity index (χ0n) is 10.4. The number of hydrazone groups is 1. The van der Waals surface area contributed by atoms with Crippen LogP contribution in [-0.2, 0) is 0 Å². The van der Waals surface area contributed by atoms with Gasteiger partial charge in [0, 0.05) is 5.56 Å². The smallest absolute Gasteiger partial charge is 0.332 e. The van der Waals surface area contributed by atoms with Crippen LogP contribution < -0.4 is 11.2 Å². The molecule has 0 aliphatic carbocycles. The van der Waals surface area contributed by atoms with Crippen molar-refractivity contribution < 1.29 is 4.79 Å². The van der Waals surface area contributed by atoms with Crippen molar-refractivity contribution in [2.24, 2.45) is 10.8 Å². The summed E-state index contributed by atoms with van der Waals surface area (Å²) >= 11 is 11.9. The first-order valence-corrected chi connectivity index (χ1v) is 6.19. The Balaban J connectivity index is 3.23. The van der Waals surface area contributed by atoms with E-state index in [2.05, 4.69) is 10.5 Å². The van der Waals surface area contributed by atoms with Crippen molar-refractivity contribution >= 4 is 35.4 Å². The normalized spacial score (nSPS) is 11.2. The first-order chi connectivity index (χ1) is 8.34. The van der Waals surface area contributed by atoms with Crippen molar-refractivity contribution in [2.45, 2.75) is 25.6 Å². The lowest BCUT2D eigenvalue weighted by Crippen LogP contribution is -2.24. The van der Waals surface area contributed by atoms with Crippen molar-refractivity contribution in [3.8, 4) is 0 Å². The summed E-state index contributed by atoms with van der Waals surface area (Å²) in [5, 5.41) is 3.76. The van der Waals surface area contributed by atoms with Gasteiger partial charge in [-0.2, -0.15) is 5.10 Å². The second-order valence-electron chi connectivity index (χ2n) is 4.00. The highest BCUT2D eigenvalue weighted by atomic mass is 35.5. The molecule has 6 heteroatoms. The number of alkyl halides is 2. The topological polar surface area (TPSA) is 67.5 Å². The zero-order chi connectivity index (χ0) is 13.9.